The lowest BCUT2D eigenvalue weighted by atomic mass is 10.1. The zero-order valence-electron chi connectivity index (χ0n) is 7.43. The van der Waals surface area contributed by atoms with E-state index in [2.05, 4.69) is 4.74 Å². The zero-order valence-corrected chi connectivity index (χ0v) is 7.43. The molecule has 2 N–H and O–H groups in total. The molecule has 0 aromatic rings. The minimum atomic E-state index is -1.82. The third-order valence-corrected chi connectivity index (χ3v) is 1.40. The summed E-state index contributed by atoms with van der Waals surface area (Å²) in [5.74, 6) is -1.14. The lowest BCUT2D eigenvalue weighted by molar-refractivity contribution is -0.143. The van der Waals surface area contributed by atoms with Crippen molar-refractivity contribution in [3.63, 3.8) is 0 Å². The maximum absolute atomic E-state index is 11.8. The van der Waals surface area contributed by atoms with Gasteiger partial charge in [0.05, 0.1) is 13.0 Å². The summed E-state index contributed by atoms with van der Waals surface area (Å²) in [5.41, 5.74) is 5.18. The molecule has 5 heteroatoms. The van der Waals surface area contributed by atoms with E-state index in [1.54, 1.807) is 6.92 Å². The molecule has 0 rings (SSSR count). The first-order chi connectivity index (χ1) is 6.10. The quantitative estimate of drug-likeness (QED) is 0.669. The number of hydrogen-bond acceptors (Lipinski definition) is 3. The van der Waals surface area contributed by atoms with Crippen molar-refractivity contribution in [1.82, 2.24) is 0 Å². The van der Waals surface area contributed by atoms with Gasteiger partial charge in [-0.3, -0.25) is 4.79 Å². The summed E-state index contributed by atoms with van der Waals surface area (Å²) in [4.78, 5) is 10.8. The smallest absolute Gasteiger partial charge is 0.306 e. The zero-order chi connectivity index (χ0) is 10.3. The Morgan fingerprint density at radius 3 is 2.62 bits per heavy atom. The normalized spacial score (nSPS) is 12.0. The molecule has 1 atom stereocenters. The molecule has 0 fully saturated rings. The number of hydrogen-bond donors (Lipinski definition) is 1. The summed E-state index contributed by atoms with van der Waals surface area (Å²) >= 11 is 0. The Bertz CT molecular complexity index is 191. The second kappa shape index (κ2) is 6.54. The summed E-state index contributed by atoms with van der Waals surface area (Å²) in [5, 5.41) is 0. The van der Waals surface area contributed by atoms with E-state index in [0.29, 0.717) is 6.08 Å². The number of rotatable bonds is 5. The lowest BCUT2D eigenvalue weighted by Crippen LogP contribution is -2.18. The average Bonchev–Trinajstić information content (AvgIpc) is 2.02. The summed E-state index contributed by atoms with van der Waals surface area (Å²) < 4.78 is 28.1. The van der Waals surface area contributed by atoms with E-state index in [0.717, 1.165) is 0 Å². The number of carbonyl (C=O) groups excluding carboxylic acids is 1. The first-order valence-corrected chi connectivity index (χ1v) is 3.98. The van der Waals surface area contributed by atoms with Crippen molar-refractivity contribution in [2.24, 2.45) is 11.7 Å². The van der Waals surface area contributed by atoms with Crippen LogP contribution in [-0.4, -0.2) is 19.1 Å². The Labute approximate surface area is 75.6 Å². The highest BCUT2D eigenvalue weighted by molar-refractivity contribution is 5.69. The van der Waals surface area contributed by atoms with E-state index in [1.807, 2.05) is 0 Å². The summed E-state index contributed by atoms with van der Waals surface area (Å²) in [6, 6.07) is 0. The third-order valence-electron chi connectivity index (χ3n) is 1.40. The summed E-state index contributed by atoms with van der Waals surface area (Å²) in [6.45, 7) is 1.91. The molecule has 3 nitrogen and oxygen atoms in total. The highest BCUT2D eigenvalue weighted by Crippen LogP contribution is 2.09. The van der Waals surface area contributed by atoms with Crippen LogP contribution in [0.3, 0.4) is 0 Å². The van der Waals surface area contributed by atoms with Gasteiger partial charge in [-0.05, 0) is 19.5 Å². The van der Waals surface area contributed by atoms with Crippen LogP contribution in [0.5, 0.6) is 0 Å². The van der Waals surface area contributed by atoms with Crippen LogP contribution in [0, 0.1) is 5.92 Å². The minimum absolute atomic E-state index is 0.0101. The van der Waals surface area contributed by atoms with Crippen LogP contribution in [-0.2, 0) is 9.53 Å². The minimum Gasteiger partial charge on any atom is -0.466 e. The molecular weight excluding hydrogens is 180 g/mol. The van der Waals surface area contributed by atoms with E-state index in [9.17, 15) is 13.6 Å². The molecule has 76 valence electrons. The third kappa shape index (κ3) is 6.21. The predicted octanol–water partition coefficient (Wildman–Crippen LogP) is 1.29. The van der Waals surface area contributed by atoms with Crippen LogP contribution in [0.15, 0.2) is 12.2 Å². The first kappa shape index (κ1) is 12.0. The van der Waals surface area contributed by atoms with Crippen molar-refractivity contribution in [3.8, 4) is 0 Å². The van der Waals surface area contributed by atoms with Crippen molar-refractivity contribution < 1.29 is 18.3 Å². The standard InChI is InChI=1S/C8H13F2NO2/c1-2-13-8(12)4-6(5-11)3-7(9)10/h3,6H,2,4-5,11H2,1H3/t6-/m1/s1. The maximum atomic E-state index is 11.8. The van der Waals surface area contributed by atoms with Crippen molar-refractivity contribution in [2.45, 2.75) is 13.3 Å². The van der Waals surface area contributed by atoms with Crippen molar-refractivity contribution in [3.05, 3.63) is 12.2 Å². The number of halogens is 2. The SMILES string of the molecule is CCOC(=O)C[C@@H](C=C(F)F)CN. The Balaban J connectivity index is 3.98. The number of esters is 1. The summed E-state index contributed by atoms with van der Waals surface area (Å²) in [7, 11) is 0. The van der Waals surface area contributed by atoms with Crippen molar-refractivity contribution >= 4 is 5.97 Å². The van der Waals surface area contributed by atoms with Gasteiger partial charge in [0.25, 0.3) is 6.08 Å². The monoisotopic (exact) mass is 193 g/mol. The molecule has 13 heavy (non-hydrogen) atoms. The van der Waals surface area contributed by atoms with Gasteiger partial charge in [0, 0.05) is 5.92 Å². The van der Waals surface area contributed by atoms with Gasteiger partial charge in [-0.15, -0.1) is 0 Å². The van der Waals surface area contributed by atoms with Gasteiger partial charge in [-0.25, -0.2) is 0 Å². The predicted molar refractivity (Wildman–Crippen MR) is 44.1 cm³/mol. The molecule has 0 heterocycles. The van der Waals surface area contributed by atoms with Gasteiger partial charge in [0.2, 0.25) is 0 Å². The Morgan fingerprint density at radius 1 is 1.62 bits per heavy atom. The molecule has 0 amide bonds. The molecule has 0 aromatic heterocycles. The van der Waals surface area contributed by atoms with Crippen LogP contribution in [0.25, 0.3) is 0 Å². The van der Waals surface area contributed by atoms with Crippen LogP contribution < -0.4 is 5.73 Å². The molecule has 0 aliphatic rings. The van der Waals surface area contributed by atoms with E-state index in [-0.39, 0.29) is 19.6 Å². The van der Waals surface area contributed by atoms with Gasteiger partial charge in [-0.2, -0.15) is 8.78 Å². The van der Waals surface area contributed by atoms with Gasteiger partial charge in [0.1, 0.15) is 0 Å². The van der Waals surface area contributed by atoms with Crippen LogP contribution in [0.2, 0.25) is 0 Å². The van der Waals surface area contributed by atoms with Gasteiger partial charge in [0.15, 0.2) is 0 Å². The number of nitrogens with two attached hydrogens (primary N) is 1. The molecule has 0 bridgehead atoms. The first-order valence-electron chi connectivity index (χ1n) is 3.98. The van der Waals surface area contributed by atoms with Crippen LogP contribution >= 0.6 is 0 Å². The lowest BCUT2D eigenvalue weighted by Gasteiger charge is -2.07. The molecule has 0 saturated heterocycles. The second-order valence-electron chi connectivity index (χ2n) is 2.46. The van der Waals surface area contributed by atoms with E-state index in [4.69, 9.17) is 5.73 Å². The fraction of sp³-hybridized carbons (Fsp3) is 0.625. The fourth-order valence-electron chi connectivity index (χ4n) is 0.822. The maximum Gasteiger partial charge on any atom is 0.306 e. The highest BCUT2D eigenvalue weighted by atomic mass is 19.3. The summed E-state index contributed by atoms with van der Waals surface area (Å²) in [6.07, 6.45) is -1.24. The Kier molecular flexibility index (Phi) is 6.05. The molecule has 0 aromatic carbocycles. The molecule has 0 unspecified atom stereocenters. The topological polar surface area (TPSA) is 52.3 Å². The number of ether oxygens (including phenoxy) is 1. The fourth-order valence-corrected chi connectivity index (χ4v) is 0.822. The van der Waals surface area contributed by atoms with Gasteiger partial charge < -0.3 is 10.5 Å². The van der Waals surface area contributed by atoms with Crippen molar-refractivity contribution in [1.29, 1.82) is 0 Å². The molecule has 0 aliphatic carbocycles. The number of carbonyl (C=O) groups is 1. The Morgan fingerprint density at radius 2 is 2.23 bits per heavy atom. The second-order valence-corrected chi connectivity index (χ2v) is 2.46. The van der Waals surface area contributed by atoms with E-state index >= 15 is 0 Å². The van der Waals surface area contributed by atoms with Crippen LogP contribution in [0.1, 0.15) is 13.3 Å². The molecule has 0 spiro atoms. The molecule has 0 saturated carbocycles. The highest BCUT2D eigenvalue weighted by Gasteiger charge is 2.11. The van der Waals surface area contributed by atoms with Crippen LogP contribution in [0.4, 0.5) is 8.78 Å². The molecule has 0 aliphatic heterocycles. The van der Waals surface area contributed by atoms with Gasteiger partial charge in [-0.1, -0.05) is 0 Å². The molecular formula is C8H13F2NO2. The van der Waals surface area contributed by atoms with Crippen molar-refractivity contribution in [2.75, 3.05) is 13.2 Å². The largest absolute Gasteiger partial charge is 0.466 e. The Hall–Kier alpha value is -0.970. The van der Waals surface area contributed by atoms with E-state index in [1.165, 1.54) is 0 Å². The van der Waals surface area contributed by atoms with E-state index < -0.39 is 18.0 Å². The average molecular weight is 193 g/mol. The molecule has 0 radical (unpaired) electrons. The van der Waals surface area contributed by atoms with Gasteiger partial charge >= 0.3 is 5.97 Å².